The second kappa shape index (κ2) is 4.31. The first-order chi connectivity index (χ1) is 3.68. The summed E-state index contributed by atoms with van der Waals surface area (Å²) in [4.78, 5) is 0. The van der Waals surface area contributed by atoms with Crippen LogP contribution in [0, 0.1) is 5.92 Å². The molecule has 0 heterocycles. The second-order valence-electron chi connectivity index (χ2n) is 2.47. The van der Waals surface area contributed by atoms with Crippen molar-refractivity contribution in [2.24, 2.45) is 5.92 Å². The predicted molar refractivity (Wildman–Crippen MR) is 43.5 cm³/mol. The quantitative estimate of drug-likeness (QED) is 0.527. The van der Waals surface area contributed by atoms with Crippen LogP contribution in [0.15, 0.2) is 0 Å². The van der Waals surface area contributed by atoms with Crippen molar-refractivity contribution in [1.82, 2.24) is 0 Å². The summed E-state index contributed by atoms with van der Waals surface area (Å²) in [5, 5.41) is 0. The third kappa shape index (κ3) is 3.42. The van der Waals surface area contributed by atoms with Gasteiger partial charge < -0.3 is 0 Å². The highest BCUT2D eigenvalue weighted by atomic mass is 32.2. The topological polar surface area (TPSA) is 0 Å². The van der Waals surface area contributed by atoms with Crippen molar-refractivity contribution in [3.63, 3.8) is 0 Å². The van der Waals surface area contributed by atoms with Crippen LogP contribution in [-0.2, 0) is 0 Å². The van der Waals surface area contributed by atoms with Crippen LogP contribution >= 0.6 is 11.6 Å². The van der Waals surface area contributed by atoms with Crippen LogP contribution in [0.1, 0.15) is 20.8 Å². The van der Waals surface area contributed by atoms with Crippen molar-refractivity contribution in [3.05, 3.63) is 0 Å². The standard InChI is InChI=1S/C6H14BS/c1-5(2)6(3)7-8-4/h5-6H,1-4H3. The average Bonchev–Trinajstić information content (AvgIpc) is 1.67. The van der Waals surface area contributed by atoms with E-state index in [9.17, 15) is 0 Å². The normalized spacial score (nSPS) is 14.1. The molecule has 47 valence electrons. The number of rotatable bonds is 3. The Morgan fingerprint density at radius 2 is 1.75 bits per heavy atom. The van der Waals surface area contributed by atoms with Crippen molar-refractivity contribution in [2.45, 2.75) is 26.6 Å². The van der Waals surface area contributed by atoms with E-state index in [1.807, 2.05) is 11.6 Å². The monoisotopic (exact) mass is 129 g/mol. The number of hydrogen-bond acceptors (Lipinski definition) is 1. The minimum absolute atomic E-state index is 0.755. The Balaban J connectivity index is 3.17. The van der Waals surface area contributed by atoms with E-state index < -0.39 is 0 Å². The van der Waals surface area contributed by atoms with E-state index in [1.54, 1.807) is 0 Å². The van der Waals surface area contributed by atoms with Crippen molar-refractivity contribution >= 4 is 18.2 Å². The summed E-state index contributed by atoms with van der Waals surface area (Å²) in [6.45, 7) is 9.03. The van der Waals surface area contributed by atoms with E-state index >= 15 is 0 Å². The van der Waals surface area contributed by atoms with Crippen LogP contribution in [0.5, 0.6) is 0 Å². The van der Waals surface area contributed by atoms with Gasteiger partial charge in [-0.05, 0) is 6.26 Å². The molecular formula is C6H14BS. The molecule has 0 saturated carbocycles. The molecule has 0 aliphatic rings. The molecule has 0 rings (SSSR count). The molecule has 1 radical (unpaired) electrons. The van der Waals surface area contributed by atoms with Gasteiger partial charge in [0.25, 0.3) is 0 Å². The fourth-order valence-corrected chi connectivity index (χ4v) is 1.12. The predicted octanol–water partition coefficient (Wildman–Crippen LogP) is 2.43. The lowest BCUT2D eigenvalue weighted by Crippen LogP contribution is -2.02. The molecule has 2 heteroatoms. The van der Waals surface area contributed by atoms with Crippen LogP contribution in [0.4, 0.5) is 0 Å². The third-order valence-corrected chi connectivity index (χ3v) is 2.10. The van der Waals surface area contributed by atoms with Crippen molar-refractivity contribution < 1.29 is 0 Å². The van der Waals surface area contributed by atoms with E-state index in [4.69, 9.17) is 0 Å². The molecule has 0 saturated heterocycles. The molecule has 0 aromatic rings. The molecule has 0 aromatic heterocycles. The fourth-order valence-electron chi connectivity index (χ4n) is 0.372. The van der Waals surface area contributed by atoms with E-state index in [1.165, 1.54) is 0 Å². The smallest absolute Gasteiger partial charge is 0.194 e. The molecule has 1 atom stereocenters. The summed E-state index contributed by atoms with van der Waals surface area (Å²) in [5.41, 5.74) is 0. The van der Waals surface area contributed by atoms with Gasteiger partial charge in [-0.3, -0.25) is 0 Å². The van der Waals surface area contributed by atoms with Gasteiger partial charge in [0, 0.05) is 0 Å². The third-order valence-electron chi connectivity index (χ3n) is 1.40. The average molecular weight is 129 g/mol. The summed E-state index contributed by atoms with van der Waals surface area (Å²) in [5.74, 6) is 1.55. The Bertz CT molecular complexity index is 54.5. The highest BCUT2D eigenvalue weighted by Gasteiger charge is 2.05. The Morgan fingerprint density at radius 1 is 1.25 bits per heavy atom. The van der Waals surface area contributed by atoms with E-state index in [0.717, 1.165) is 11.7 Å². The lowest BCUT2D eigenvalue weighted by Gasteiger charge is -2.11. The van der Waals surface area contributed by atoms with Crippen molar-refractivity contribution in [2.75, 3.05) is 6.26 Å². The summed E-state index contributed by atoms with van der Waals surface area (Å²) >= 11 is 1.81. The minimum Gasteiger partial charge on any atom is -0.221 e. The summed E-state index contributed by atoms with van der Waals surface area (Å²) < 4.78 is 0. The SMILES string of the molecule is CS[B]C(C)C(C)C. The minimum atomic E-state index is 0.755. The van der Waals surface area contributed by atoms with Gasteiger partial charge in [0.15, 0.2) is 6.56 Å². The molecule has 0 spiro atoms. The fraction of sp³-hybridized carbons (Fsp3) is 1.00. The van der Waals surface area contributed by atoms with Gasteiger partial charge in [0.1, 0.15) is 0 Å². The van der Waals surface area contributed by atoms with Crippen LogP contribution in [0.25, 0.3) is 0 Å². The summed E-state index contributed by atoms with van der Waals surface area (Å²) in [6, 6.07) is 0. The Kier molecular flexibility index (Phi) is 4.53. The zero-order valence-corrected chi connectivity index (χ0v) is 6.96. The van der Waals surface area contributed by atoms with Gasteiger partial charge in [0.05, 0.1) is 0 Å². The molecule has 0 aromatic carbocycles. The van der Waals surface area contributed by atoms with E-state index in [0.29, 0.717) is 0 Å². The maximum Gasteiger partial charge on any atom is 0.194 e. The first kappa shape index (κ1) is 8.41. The molecule has 1 unspecified atom stereocenters. The van der Waals surface area contributed by atoms with Gasteiger partial charge in [-0.15, -0.1) is 0 Å². The summed E-state index contributed by atoms with van der Waals surface area (Å²) in [6.07, 6.45) is 2.11. The van der Waals surface area contributed by atoms with Gasteiger partial charge >= 0.3 is 0 Å². The Hall–Kier alpha value is 0.415. The van der Waals surface area contributed by atoms with Gasteiger partial charge in [0.2, 0.25) is 0 Å². The van der Waals surface area contributed by atoms with Crippen LogP contribution in [-0.4, -0.2) is 12.8 Å². The first-order valence-corrected chi connectivity index (χ1v) is 4.33. The maximum absolute atomic E-state index is 2.28. The molecule has 0 aliphatic carbocycles. The lowest BCUT2D eigenvalue weighted by atomic mass is 9.79. The highest BCUT2D eigenvalue weighted by molar-refractivity contribution is 8.22. The van der Waals surface area contributed by atoms with Gasteiger partial charge in [-0.1, -0.05) is 32.5 Å². The highest BCUT2D eigenvalue weighted by Crippen LogP contribution is 2.17. The maximum atomic E-state index is 2.28. The van der Waals surface area contributed by atoms with Gasteiger partial charge in [-0.2, -0.15) is 0 Å². The molecule has 8 heavy (non-hydrogen) atoms. The largest absolute Gasteiger partial charge is 0.221 e. The Labute approximate surface area is 57.6 Å². The molecule has 0 bridgehead atoms. The molecule has 0 nitrogen and oxygen atoms in total. The first-order valence-electron chi connectivity index (χ1n) is 3.04. The summed E-state index contributed by atoms with van der Waals surface area (Å²) in [7, 11) is 0. The molecule has 0 amide bonds. The number of hydrogen-bond donors (Lipinski definition) is 0. The van der Waals surface area contributed by atoms with Crippen LogP contribution < -0.4 is 0 Å². The zero-order chi connectivity index (χ0) is 6.57. The molecular weight excluding hydrogens is 115 g/mol. The lowest BCUT2D eigenvalue weighted by molar-refractivity contribution is 0.623. The second-order valence-corrected chi connectivity index (χ2v) is 3.22. The Morgan fingerprint density at radius 3 is 1.88 bits per heavy atom. The van der Waals surface area contributed by atoms with E-state index in [2.05, 4.69) is 33.6 Å². The van der Waals surface area contributed by atoms with Crippen molar-refractivity contribution in [3.8, 4) is 0 Å². The molecule has 0 fully saturated rings. The van der Waals surface area contributed by atoms with Gasteiger partial charge in [-0.25, -0.2) is 11.6 Å². The molecule has 0 N–H and O–H groups in total. The van der Waals surface area contributed by atoms with Crippen LogP contribution in [0.2, 0.25) is 5.82 Å². The zero-order valence-electron chi connectivity index (χ0n) is 6.14. The van der Waals surface area contributed by atoms with Crippen molar-refractivity contribution in [1.29, 1.82) is 0 Å². The molecule has 0 aliphatic heterocycles. The van der Waals surface area contributed by atoms with Crippen LogP contribution in [0.3, 0.4) is 0 Å². The van der Waals surface area contributed by atoms with E-state index in [-0.39, 0.29) is 0 Å².